The van der Waals surface area contributed by atoms with Gasteiger partial charge in [0.15, 0.2) is 4.87 Å². The van der Waals surface area contributed by atoms with E-state index in [0.717, 1.165) is 0 Å². The molecule has 8 heteroatoms. The average molecular weight is 471 g/mol. The molecule has 1 spiro atoms. The predicted molar refractivity (Wildman–Crippen MR) is 121 cm³/mol. The number of carbonyl (C=O) groups excluding carboxylic acids is 2. The first-order valence-corrected chi connectivity index (χ1v) is 11.3. The largest absolute Gasteiger partial charge is 0.311 e. The predicted octanol–water partition coefficient (Wildman–Crippen LogP) is 5.21. The fourth-order valence-electron chi connectivity index (χ4n) is 4.34. The van der Waals surface area contributed by atoms with Gasteiger partial charge in [-0.15, -0.1) is 11.8 Å². The molecule has 4 nitrogen and oxygen atoms in total. The van der Waals surface area contributed by atoms with E-state index in [2.05, 4.69) is 0 Å². The molecule has 162 valence electrons. The smallest absolute Gasteiger partial charge is 0.268 e. The number of rotatable bonds is 3. The first kappa shape index (κ1) is 21.0. The van der Waals surface area contributed by atoms with Gasteiger partial charge >= 0.3 is 0 Å². The van der Waals surface area contributed by atoms with Crippen molar-refractivity contribution in [2.24, 2.45) is 0 Å². The molecule has 0 unspecified atom stereocenters. The van der Waals surface area contributed by atoms with E-state index in [-0.39, 0.29) is 18.4 Å². The lowest BCUT2D eigenvalue weighted by molar-refractivity contribution is -0.123. The number of amides is 2. The Kier molecular flexibility index (Phi) is 5.18. The van der Waals surface area contributed by atoms with E-state index in [9.17, 15) is 18.4 Å². The van der Waals surface area contributed by atoms with Gasteiger partial charge < -0.3 is 9.80 Å². The molecule has 2 heterocycles. The summed E-state index contributed by atoms with van der Waals surface area (Å²) in [4.78, 5) is 28.9. The normalized spacial score (nSPS) is 19.7. The van der Waals surface area contributed by atoms with Crippen LogP contribution in [-0.4, -0.2) is 29.0 Å². The van der Waals surface area contributed by atoms with E-state index in [4.69, 9.17) is 11.6 Å². The van der Waals surface area contributed by atoms with Gasteiger partial charge in [0.1, 0.15) is 11.6 Å². The Bertz CT molecular complexity index is 1250. The first-order chi connectivity index (χ1) is 15.4. The number of thioether (sulfide) groups is 1. The Morgan fingerprint density at radius 1 is 1.03 bits per heavy atom. The lowest BCUT2D eigenvalue weighted by Gasteiger charge is -2.33. The Balaban J connectivity index is 1.60. The molecule has 0 aliphatic carbocycles. The van der Waals surface area contributed by atoms with Crippen molar-refractivity contribution in [3.05, 3.63) is 100 Å². The van der Waals surface area contributed by atoms with Crippen LogP contribution >= 0.6 is 23.4 Å². The van der Waals surface area contributed by atoms with Crippen molar-refractivity contribution in [1.82, 2.24) is 4.90 Å². The molecular weight excluding hydrogens is 454 g/mol. The highest BCUT2D eigenvalue weighted by Gasteiger charge is 2.59. The van der Waals surface area contributed by atoms with Crippen molar-refractivity contribution in [2.45, 2.75) is 11.4 Å². The zero-order valence-electron chi connectivity index (χ0n) is 16.7. The van der Waals surface area contributed by atoms with Crippen molar-refractivity contribution in [2.75, 3.05) is 17.2 Å². The number of halogens is 3. The SMILES string of the molecule is O=C(c1cccc(Cl)c1)N1CCS[C@@]12C(=O)N(Cc1cccc(F)c1)c1ccc(F)cc12. The van der Waals surface area contributed by atoms with Gasteiger partial charge in [-0.05, 0) is 54.1 Å². The Morgan fingerprint density at radius 2 is 1.81 bits per heavy atom. The molecule has 0 aromatic heterocycles. The summed E-state index contributed by atoms with van der Waals surface area (Å²) in [5.74, 6) is -1.08. The van der Waals surface area contributed by atoms with Crippen LogP contribution in [0.2, 0.25) is 5.02 Å². The lowest BCUT2D eigenvalue weighted by Crippen LogP contribution is -2.50. The third kappa shape index (κ3) is 3.27. The maximum Gasteiger partial charge on any atom is 0.268 e. The average Bonchev–Trinajstić information content (AvgIpc) is 3.30. The molecule has 3 aromatic carbocycles. The molecule has 5 rings (SSSR count). The molecule has 1 saturated heterocycles. The summed E-state index contributed by atoms with van der Waals surface area (Å²) in [6.07, 6.45) is 0. The fourth-order valence-corrected chi connectivity index (χ4v) is 5.98. The number of nitrogens with zero attached hydrogens (tertiary/aromatic N) is 2. The van der Waals surface area contributed by atoms with Crippen LogP contribution < -0.4 is 4.90 Å². The molecule has 2 amide bonds. The highest BCUT2D eigenvalue weighted by atomic mass is 35.5. The fraction of sp³-hybridized carbons (Fsp3) is 0.167. The summed E-state index contributed by atoms with van der Waals surface area (Å²) >= 11 is 7.38. The topological polar surface area (TPSA) is 40.6 Å². The van der Waals surface area contributed by atoms with Crippen LogP contribution in [0, 0.1) is 11.6 Å². The van der Waals surface area contributed by atoms with Gasteiger partial charge in [-0.2, -0.15) is 0 Å². The minimum absolute atomic E-state index is 0.108. The summed E-state index contributed by atoms with van der Waals surface area (Å²) in [6, 6.07) is 16.7. The van der Waals surface area contributed by atoms with Gasteiger partial charge in [0.05, 0.1) is 12.2 Å². The maximum atomic E-state index is 14.3. The maximum absolute atomic E-state index is 14.3. The van der Waals surface area contributed by atoms with Gasteiger partial charge in [-0.3, -0.25) is 9.59 Å². The summed E-state index contributed by atoms with van der Waals surface area (Å²) < 4.78 is 28.1. The van der Waals surface area contributed by atoms with Crippen molar-refractivity contribution in [1.29, 1.82) is 0 Å². The second-order valence-electron chi connectivity index (χ2n) is 7.64. The zero-order valence-corrected chi connectivity index (χ0v) is 18.3. The molecule has 3 aromatic rings. The zero-order chi connectivity index (χ0) is 22.5. The summed E-state index contributed by atoms with van der Waals surface area (Å²) in [5, 5.41) is 0.411. The Hall–Kier alpha value is -2.90. The number of carbonyl (C=O) groups is 2. The van der Waals surface area contributed by atoms with Crippen LogP contribution in [0.3, 0.4) is 0 Å². The minimum Gasteiger partial charge on any atom is -0.311 e. The van der Waals surface area contributed by atoms with Crippen molar-refractivity contribution >= 4 is 40.9 Å². The molecule has 32 heavy (non-hydrogen) atoms. The third-order valence-electron chi connectivity index (χ3n) is 5.70. The molecule has 2 aliphatic rings. The molecule has 0 saturated carbocycles. The second kappa shape index (κ2) is 7.90. The Morgan fingerprint density at radius 3 is 2.59 bits per heavy atom. The van der Waals surface area contributed by atoms with E-state index >= 15 is 0 Å². The van der Waals surface area contributed by atoms with Crippen LogP contribution in [-0.2, 0) is 16.2 Å². The van der Waals surface area contributed by atoms with Crippen LogP contribution in [0.25, 0.3) is 0 Å². The standard InChI is InChI=1S/C24H17ClF2N2O2S/c25-17-5-2-4-16(12-17)22(30)29-9-10-32-24(29)20-13-19(27)7-8-21(20)28(23(24)31)14-15-3-1-6-18(26)11-15/h1-8,11-13H,9-10,14H2/t24-/m0/s1. The summed E-state index contributed by atoms with van der Waals surface area (Å²) in [5.41, 5.74) is 1.89. The van der Waals surface area contributed by atoms with Crippen LogP contribution in [0.5, 0.6) is 0 Å². The summed E-state index contributed by atoms with van der Waals surface area (Å²) in [7, 11) is 0. The molecule has 0 radical (unpaired) electrons. The van der Waals surface area contributed by atoms with Gasteiger partial charge in [0.25, 0.3) is 11.8 Å². The number of fused-ring (bicyclic) bond motifs is 2. The monoisotopic (exact) mass is 470 g/mol. The van der Waals surface area contributed by atoms with Crippen LogP contribution in [0.15, 0.2) is 66.7 Å². The summed E-state index contributed by atoms with van der Waals surface area (Å²) in [6.45, 7) is 0.433. The van der Waals surface area contributed by atoms with Crippen molar-refractivity contribution in [3.63, 3.8) is 0 Å². The second-order valence-corrected chi connectivity index (χ2v) is 9.37. The minimum atomic E-state index is -1.38. The van der Waals surface area contributed by atoms with Crippen molar-refractivity contribution < 1.29 is 18.4 Å². The lowest BCUT2D eigenvalue weighted by atomic mass is 10.0. The Labute approximate surface area is 192 Å². The molecule has 1 atom stereocenters. The molecule has 0 bridgehead atoms. The highest BCUT2D eigenvalue weighted by Crippen LogP contribution is 2.55. The van der Waals surface area contributed by atoms with Gasteiger partial charge in [-0.25, -0.2) is 8.78 Å². The number of anilines is 1. The molecular formula is C24H17ClF2N2O2S. The van der Waals surface area contributed by atoms with Gasteiger partial charge in [-0.1, -0.05) is 29.8 Å². The number of hydrogen-bond acceptors (Lipinski definition) is 3. The molecule has 2 aliphatic heterocycles. The number of benzene rings is 3. The molecule has 0 N–H and O–H groups in total. The third-order valence-corrected chi connectivity index (χ3v) is 7.36. The van der Waals surface area contributed by atoms with E-state index < -0.39 is 16.5 Å². The highest BCUT2D eigenvalue weighted by molar-refractivity contribution is 8.01. The van der Waals surface area contributed by atoms with E-state index in [1.807, 2.05) is 0 Å². The van der Waals surface area contributed by atoms with E-state index in [0.29, 0.717) is 39.7 Å². The van der Waals surface area contributed by atoms with Crippen LogP contribution in [0.1, 0.15) is 21.5 Å². The molecule has 1 fully saturated rings. The first-order valence-electron chi connectivity index (χ1n) is 9.98. The van der Waals surface area contributed by atoms with Crippen LogP contribution in [0.4, 0.5) is 14.5 Å². The van der Waals surface area contributed by atoms with Gasteiger partial charge in [0, 0.05) is 28.4 Å². The van der Waals surface area contributed by atoms with Gasteiger partial charge in [0.2, 0.25) is 0 Å². The van der Waals surface area contributed by atoms with E-state index in [1.54, 1.807) is 36.4 Å². The van der Waals surface area contributed by atoms with Crippen molar-refractivity contribution in [3.8, 4) is 0 Å². The van der Waals surface area contributed by atoms with E-state index in [1.165, 1.54) is 51.9 Å². The number of hydrogen-bond donors (Lipinski definition) is 0. The quantitative estimate of drug-likeness (QED) is 0.528.